The van der Waals surface area contributed by atoms with Crippen molar-refractivity contribution in [3.05, 3.63) is 42.1 Å². The number of aromatic nitrogens is 1. The first-order chi connectivity index (χ1) is 7.31. The quantitative estimate of drug-likeness (QED) is 0.670. The molecule has 1 aromatic heterocycles. The zero-order valence-corrected chi connectivity index (χ0v) is 9.53. The van der Waals surface area contributed by atoms with Crippen molar-refractivity contribution >= 4 is 10.9 Å². The highest BCUT2D eigenvalue weighted by molar-refractivity contribution is 5.76. The van der Waals surface area contributed by atoms with Crippen LogP contribution in [-0.4, -0.2) is 0 Å². The summed E-state index contributed by atoms with van der Waals surface area (Å²) in [5.74, 6) is 0. The molecular formula is C14H18N+. The summed E-state index contributed by atoms with van der Waals surface area (Å²) in [5, 5.41) is 1.34. The van der Waals surface area contributed by atoms with Crippen LogP contribution in [0.2, 0.25) is 0 Å². The number of hydrogen-bond donors (Lipinski definition) is 0. The predicted octanol–water partition coefficient (Wildman–Crippen LogP) is 3.24. The summed E-state index contributed by atoms with van der Waals surface area (Å²) in [6.07, 6.45) is 4.67. The molecule has 1 aromatic carbocycles. The molecule has 0 N–H and O–H groups in total. The second-order valence-electron chi connectivity index (χ2n) is 4.12. The zero-order chi connectivity index (χ0) is 10.7. The molecule has 2 aromatic rings. The van der Waals surface area contributed by atoms with Gasteiger partial charge in [-0.15, -0.1) is 0 Å². The van der Waals surface area contributed by atoms with E-state index >= 15 is 0 Å². The van der Waals surface area contributed by atoms with E-state index in [0.29, 0.717) is 0 Å². The number of aryl methyl sites for hydroxylation is 2. The molecule has 1 nitrogen and oxygen atoms in total. The number of rotatable bonds is 3. The van der Waals surface area contributed by atoms with Crippen LogP contribution < -0.4 is 4.57 Å². The summed E-state index contributed by atoms with van der Waals surface area (Å²) in [4.78, 5) is 0. The topological polar surface area (TPSA) is 3.88 Å². The Morgan fingerprint density at radius 1 is 1.20 bits per heavy atom. The maximum Gasteiger partial charge on any atom is 0.212 e. The molecule has 0 saturated carbocycles. The molecule has 15 heavy (non-hydrogen) atoms. The molecule has 78 valence electrons. The van der Waals surface area contributed by atoms with Gasteiger partial charge >= 0.3 is 0 Å². The molecule has 2 rings (SSSR count). The van der Waals surface area contributed by atoms with Crippen LogP contribution in [0.5, 0.6) is 0 Å². The molecule has 0 aliphatic rings. The maximum absolute atomic E-state index is 2.35. The zero-order valence-electron chi connectivity index (χ0n) is 9.53. The summed E-state index contributed by atoms with van der Waals surface area (Å²) in [5.41, 5.74) is 2.67. The van der Waals surface area contributed by atoms with E-state index in [1.54, 1.807) is 0 Å². The first-order valence-electron chi connectivity index (χ1n) is 5.70. The van der Waals surface area contributed by atoms with E-state index in [4.69, 9.17) is 0 Å². The Labute approximate surface area is 91.4 Å². The first-order valence-corrected chi connectivity index (χ1v) is 5.70. The van der Waals surface area contributed by atoms with Gasteiger partial charge in [0.25, 0.3) is 0 Å². The summed E-state index contributed by atoms with van der Waals surface area (Å²) in [7, 11) is 0. The monoisotopic (exact) mass is 200 g/mol. The highest BCUT2D eigenvalue weighted by Crippen LogP contribution is 2.11. The molecule has 0 aliphatic carbocycles. The molecule has 0 unspecified atom stereocenters. The molecule has 0 bridgehead atoms. The van der Waals surface area contributed by atoms with Crippen LogP contribution in [0.3, 0.4) is 0 Å². The minimum Gasteiger partial charge on any atom is -0.198 e. The fourth-order valence-electron chi connectivity index (χ4n) is 1.92. The van der Waals surface area contributed by atoms with Crippen LogP contribution in [-0.2, 0) is 6.54 Å². The third-order valence-electron chi connectivity index (χ3n) is 2.79. The lowest BCUT2D eigenvalue weighted by molar-refractivity contribution is -0.671. The number of benzene rings is 1. The predicted molar refractivity (Wildman–Crippen MR) is 63.8 cm³/mol. The molecular weight excluding hydrogens is 182 g/mol. The summed E-state index contributed by atoms with van der Waals surface area (Å²) in [6.45, 7) is 5.50. The Morgan fingerprint density at radius 3 is 2.87 bits per heavy atom. The molecule has 0 fully saturated rings. The van der Waals surface area contributed by atoms with Crippen molar-refractivity contribution in [2.24, 2.45) is 0 Å². The van der Waals surface area contributed by atoms with Crippen LogP contribution in [0, 0.1) is 6.92 Å². The van der Waals surface area contributed by atoms with Crippen LogP contribution in [0.1, 0.15) is 25.3 Å². The van der Waals surface area contributed by atoms with Gasteiger partial charge in [0.2, 0.25) is 5.52 Å². The lowest BCUT2D eigenvalue weighted by Crippen LogP contribution is -2.33. The SMILES string of the molecule is CCCC[n+]1cccc2cc(C)ccc21. The third kappa shape index (κ3) is 2.17. The molecule has 1 heterocycles. The van der Waals surface area contributed by atoms with Crippen molar-refractivity contribution in [3.63, 3.8) is 0 Å². The molecule has 0 aliphatic heterocycles. The molecule has 0 amide bonds. The van der Waals surface area contributed by atoms with Crippen LogP contribution in [0.25, 0.3) is 10.9 Å². The number of hydrogen-bond acceptors (Lipinski definition) is 0. The Morgan fingerprint density at radius 2 is 2.07 bits per heavy atom. The highest BCUT2D eigenvalue weighted by atomic mass is 14.9. The number of pyridine rings is 1. The van der Waals surface area contributed by atoms with Gasteiger partial charge in [-0.25, -0.2) is 0 Å². The lowest BCUT2D eigenvalue weighted by atomic mass is 10.1. The second kappa shape index (κ2) is 4.43. The van der Waals surface area contributed by atoms with E-state index in [9.17, 15) is 0 Å². The Hall–Kier alpha value is -1.37. The van der Waals surface area contributed by atoms with Gasteiger partial charge in [-0.3, -0.25) is 0 Å². The number of nitrogens with zero attached hydrogens (tertiary/aromatic N) is 1. The minimum absolute atomic E-state index is 1.12. The maximum atomic E-state index is 2.35. The minimum atomic E-state index is 1.12. The molecule has 0 spiro atoms. The second-order valence-corrected chi connectivity index (χ2v) is 4.12. The molecule has 0 saturated heterocycles. The molecule has 0 atom stereocenters. The summed E-state index contributed by atoms with van der Waals surface area (Å²) < 4.78 is 2.35. The highest BCUT2D eigenvalue weighted by Gasteiger charge is 2.06. The van der Waals surface area contributed by atoms with E-state index in [0.717, 1.165) is 6.54 Å². The fraction of sp³-hybridized carbons (Fsp3) is 0.357. The standard InChI is InChI=1S/C14H18N/c1-3-4-9-15-10-5-6-13-11-12(2)7-8-14(13)15/h5-8,10-11H,3-4,9H2,1-2H3/q+1. The van der Waals surface area contributed by atoms with E-state index in [1.807, 2.05) is 0 Å². The van der Waals surface area contributed by atoms with Crippen molar-refractivity contribution < 1.29 is 4.57 Å². The van der Waals surface area contributed by atoms with Crippen molar-refractivity contribution in [2.45, 2.75) is 33.2 Å². The van der Waals surface area contributed by atoms with Crippen molar-refractivity contribution in [1.29, 1.82) is 0 Å². The smallest absolute Gasteiger partial charge is 0.198 e. The van der Waals surface area contributed by atoms with Gasteiger partial charge in [0.1, 0.15) is 6.54 Å². The Kier molecular flexibility index (Phi) is 3.00. The first kappa shape index (κ1) is 10.2. The fourth-order valence-corrected chi connectivity index (χ4v) is 1.92. The van der Waals surface area contributed by atoms with Gasteiger partial charge in [0, 0.05) is 23.9 Å². The van der Waals surface area contributed by atoms with Gasteiger partial charge in [-0.1, -0.05) is 25.0 Å². The number of unbranched alkanes of at least 4 members (excludes halogenated alkanes) is 1. The van der Waals surface area contributed by atoms with E-state index in [2.05, 4.69) is 54.9 Å². The van der Waals surface area contributed by atoms with E-state index in [-0.39, 0.29) is 0 Å². The average molecular weight is 200 g/mol. The third-order valence-corrected chi connectivity index (χ3v) is 2.79. The average Bonchev–Trinajstić information content (AvgIpc) is 2.25. The van der Waals surface area contributed by atoms with Gasteiger partial charge < -0.3 is 0 Å². The number of fused-ring (bicyclic) bond motifs is 1. The Balaban J connectivity index is 2.46. The molecule has 0 radical (unpaired) electrons. The normalized spacial score (nSPS) is 10.8. The van der Waals surface area contributed by atoms with Crippen molar-refractivity contribution in [1.82, 2.24) is 0 Å². The summed E-state index contributed by atoms with van der Waals surface area (Å²) >= 11 is 0. The van der Waals surface area contributed by atoms with Crippen LogP contribution in [0.15, 0.2) is 36.5 Å². The van der Waals surface area contributed by atoms with Crippen LogP contribution in [0.4, 0.5) is 0 Å². The van der Waals surface area contributed by atoms with Gasteiger partial charge in [-0.2, -0.15) is 4.57 Å². The van der Waals surface area contributed by atoms with E-state index in [1.165, 1.54) is 29.3 Å². The van der Waals surface area contributed by atoms with Gasteiger partial charge in [0.15, 0.2) is 6.20 Å². The lowest BCUT2D eigenvalue weighted by Gasteiger charge is -2.01. The molecule has 1 heteroatoms. The Bertz CT molecular complexity index is 460. The van der Waals surface area contributed by atoms with Crippen molar-refractivity contribution in [3.8, 4) is 0 Å². The van der Waals surface area contributed by atoms with Crippen LogP contribution >= 0.6 is 0 Å². The van der Waals surface area contributed by atoms with Crippen molar-refractivity contribution in [2.75, 3.05) is 0 Å². The van der Waals surface area contributed by atoms with E-state index < -0.39 is 0 Å². The van der Waals surface area contributed by atoms with Gasteiger partial charge in [-0.05, 0) is 19.1 Å². The largest absolute Gasteiger partial charge is 0.212 e. The van der Waals surface area contributed by atoms with Gasteiger partial charge in [0.05, 0.1) is 0 Å². The summed E-state index contributed by atoms with van der Waals surface area (Å²) in [6, 6.07) is 11.0.